The molecule has 0 bridgehead atoms. The predicted octanol–water partition coefficient (Wildman–Crippen LogP) is 6.77. The van der Waals surface area contributed by atoms with E-state index >= 15 is 0 Å². The molecule has 0 aromatic heterocycles. The highest BCUT2D eigenvalue weighted by molar-refractivity contribution is 5.43. The van der Waals surface area contributed by atoms with Crippen LogP contribution in [0.5, 0.6) is 0 Å². The quantitative estimate of drug-likeness (QED) is 0.381. The molecule has 1 unspecified atom stereocenters. The van der Waals surface area contributed by atoms with E-state index in [9.17, 15) is 10.2 Å². The summed E-state index contributed by atoms with van der Waals surface area (Å²) in [5.74, 6) is 2.39. The van der Waals surface area contributed by atoms with Gasteiger partial charge in [0.1, 0.15) is 0 Å². The lowest BCUT2D eigenvalue weighted by Gasteiger charge is -2.51. The molecule has 29 heavy (non-hydrogen) atoms. The minimum Gasteiger partial charge on any atom is -0.368 e. The van der Waals surface area contributed by atoms with Crippen LogP contribution in [0.15, 0.2) is 22.8 Å². The molecule has 4 aliphatic carbocycles. The number of aliphatic hydroxyl groups is 2. The first kappa shape index (κ1) is 21.6. The molecule has 0 saturated heterocycles. The summed E-state index contributed by atoms with van der Waals surface area (Å²) >= 11 is 0. The van der Waals surface area contributed by atoms with Crippen molar-refractivity contribution < 1.29 is 10.2 Å². The van der Waals surface area contributed by atoms with Crippen molar-refractivity contribution in [2.75, 3.05) is 0 Å². The minimum absolute atomic E-state index is 0.00373. The molecular weight excluding hydrogens is 356 g/mol. The van der Waals surface area contributed by atoms with Gasteiger partial charge in [-0.25, -0.2) is 0 Å². The van der Waals surface area contributed by atoms with Gasteiger partial charge in [0.05, 0.1) is 0 Å². The van der Waals surface area contributed by atoms with E-state index in [0.29, 0.717) is 10.8 Å². The molecule has 2 fully saturated rings. The summed E-state index contributed by atoms with van der Waals surface area (Å²) in [5.41, 5.74) is 6.39. The van der Waals surface area contributed by atoms with Crippen LogP contribution in [-0.4, -0.2) is 16.5 Å². The average molecular weight is 401 g/mol. The summed E-state index contributed by atoms with van der Waals surface area (Å²) in [6.07, 6.45) is 17.1. The third-order valence-electron chi connectivity index (χ3n) is 9.96. The van der Waals surface area contributed by atoms with Gasteiger partial charge in [0.25, 0.3) is 0 Å². The fourth-order valence-electron chi connectivity index (χ4n) is 8.04. The fraction of sp³-hybridized carbons (Fsp3) is 0.852. The molecule has 2 saturated carbocycles. The Morgan fingerprint density at radius 3 is 2.59 bits per heavy atom. The summed E-state index contributed by atoms with van der Waals surface area (Å²) in [6, 6.07) is 0. The van der Waals surface area contributed by atoms with Crippen molar-refractivity contribution in [3.05, 3.63) is 22.8 Å². The number of allylic oxidation sites excluding steroid dienone is 4. The first-order valence-corrected chi connectivity index (χ1v) is 12.6. The van der Waals surface area contributed by atoms with Crippen LogP contribution in [0.25, 0.3) is 0 Å². The van der Waals surface area contributed by atoms with Crippen molar-refractivity contribution in [3.63, 3.8) is 0 Å². The van der Waals surface area contributed by atoms with E-state index < -0.39 is 6.29 Å². The fourth-order valence-corrected chi connectivity index (χ4v) is 8.04. The van der Waals surface area contributed by atoms with Crippen molar-refractivity contribution in [3.8, 4) is 0 Å². The lowest BCUT2D eigenvalue weighted by atomic mass is 9.53. The average Bonchev–Trinajstić information content (AvgIpc) is 3.04. The van der Waals surface area contributed by atoms with Crippen molar-refractivity contribution in [1.29, 1.82) is 0 Å². The highest BCUT2D eigenvalue weighted by atomic mass is 16.5. The second kappa shape index (κ2) is 8.15. The van der Waals surface area contributed by atoms with Crippen LogP contribution in [0.1, 0.15) is 105 Å². The van der Waals surface area contributed by atoms with Gasteiger partial charge in [-0.15, -0.1) is 0 Å². The summed E-state index contributed by atoms with van der Waals surface area (Å²) in [7, 11) is 0. The summed E-state index contributed by atoms with van der Waals surface area (Å²) in [5, 5.41) is 18.7. The number of rotatable bonds is 6. The van der Waals surface area contributed by atoms with Crippen molar-refractivity contribution in [2.45, 2.75) is 111 Å². The zero-order valence-corrected chi connectivity index (χ0v) is 19.3. The molecule has 0 heterocycles. The summed E-state index contributed by atoms with van der Waals surface area (Å²) in [4.78, 5) is 0. The highest BCUT2D eigenvalue weighted by Crippen LogP contribution is 2.64. The molecule has 2 N–H and O–H groups in total. The topological polar surface area (TPSA) is 40.5 Å². The van der Waals surface area contributed by atoms with Crippen LogP contribution in [0.3, 0.4) is 0 Å². The molecule has 0 aromatic rings. The zero-order valence-electron chi connectivity index (χ0n) is 19.3. The van der Waals surface area contributed by atoms with Crippen LogP contribution in [-0.2, 0) is 0 Å². The van der Waals surface area contributed by atoms with Gasteiger partial charge in [0.2, 0.25) is 0 Å². The van der Waals surface area contributed by atoms with Gasteiger partial charge in [-0.05, 0) is 81.0 Å². The third kappa shape index (κ3) is 3.67. The van der Waals surface area contributed by atoms with E-state index in [1.807, 2.05) is 18.1 Å². The Morgan fingerprint density at radius 1 is 1.03 bits per heavy atom. The maximum absolute atomic E-state index is 9.35. The molecule has 164 valence electrons. The maximum atomic E-state index is 9.35. The van der Waals surface area contributed by atoms with Gasteiger partial charge < -0.3 is 10.2 Å². The van der Waals surface area contributed by atoms with Gasteiger partial charge >= 0.3 is 0 Å². The van der Waals surface area contributed by atoms with Crippen LogP contribution in [0.2, 0.25) is 0 Å². The molecule has 2 nitrogen and oxygen atoms in total. The number of hydrogen-bond acceptors (Lipinski definition) is 2. The van der Waals surface area contributed by atoms with Crippen LogP contribution in [0.4, 0.5) is 0 Å². The molecule has 0 aliphatic heterocycles. The molecule has 4 aliphatic rings. The van der Waals surface area contributed by atoms with Crippen molar-refractivity contribution >= 4 is 0 Å². The maximum Gasteiger partial charge on any atom is 0.154 e. The Kier molecular flexibility index (Phi) is 6.08. The third-order valence-corrected chi connectivity index (χ3v) is 9.96. The van der Waals surface area contributed by atoms with E-state index in [1.165, 1.54) is 64.2 Å². The minimum atomic E-state index is -1.16. The Balaban J connectivity index is 1.47. The molecule has 0 amide bonds. The number of hydrogen-bond donors (Lipinski definition) is 2. The monoisotopic (exact) mass is 400 g/mol. The van der Waals surface area contributed by atoms with Gasteiger partial charge in [-0.3, -0.25) is 0 Å². The second-order valence-corrected chi connectivity index (χ2v) is 11.5. The predicted molar refractivity (Wildman–Crippen MR) is 120 cm³/mol. The number of fused-ring (bicyclic) bond motifs is 4. The lowest BCUT2D eigenvalue weighted by Crippen LogP contribution is -2.40. The Hall–Kier alpha value is -0.600. The lowest BCUT2D eigenvalue weighted by molar-refractivity contribution is -0.0811. The molecule has 0 radical (unpaired) electrons. The van der Waals surface area contributed by atoms with E-state index in [0.717, 1.165) is 30.6 Å². The highest BCUT2D eigenvalue weighted by Gasteiger charge is 2.54. The van der Waals surface area contributed by atoms with E-state index in [2.05, 4.69) is 26.8 Å². The van der Waals surface area contributed by atoms with Gasteiger partial charge in [0, 0.05) is 11.3 Å². The standard InChI is InChI=1S/C27H44O2/c1-18(8-7-9-19(2)25(28)29)22-13-14-23-21-12-11-20-10-5-6-16-26(20,3)24(21)15-17-27(22,23)4/h11,18-19,22-23,25,28-29H,5-10,12-17H2,1-4H3/t18-,19?,22-,23+,26+,27-/m1/s1. The smallest absolute Gasteiger partial charge is 0.154 e. The zero-order chi connectivity index (χ0) is 20.8. The molecule has 2 heteroatoms. The molecular formula is C27H44O2. The second-order valence-electron chi connectivity index (χ2n) is 11.5. The van der Waals surface area contributed by atoms with Crippen molar-refractivity contribution in [2.24, 2.45) is 34.5 Å². The van der Waals surface area contributed by atoms with Gasteiger partial charge in [-0.2, -0.15) is 0 Å². The largest absolute Gasteiger partial charge is 0.368 e. The number of aliphatic hydroxyl groups excluding tert-OH is 1. The molecule has 0 spiro atoms. The molecule has 6 atom stereocenters. The normalized spacial score (nSPS) is 38.9. The SMILES string of the molecule is CC(CCC[C@@H](C)[C@H]1CC[C@H]2C3=C(CC[C@]12C)[C@@]1(C)CCCCC1=CC3)C(O)O. The van der Waals surface area contributed by atoms with Crippen LogP contribution >= 0.6 is 0 Å². The van der Waals surface area contributed by atoms with Gasteiger partial charge in [0.15, 0.2) is 6.29 Å². The van der Waals surface area contributed by atoms with Crippen LogP contribution in [0, 0.1) is 34.5 Å². The Labute approximate surface area is 178 Å². The Bertz CT molecular complexity index is 674. The Morgan fingerprint density at radius 2 is 1.83 bits per heavy atom. The van der Waals surface area contributed by atoms with E-state index in [-0.39, 0.29) is 5.92 Å². The summed E-state index contributed by atoms with van der Waals surface area (Å²) < 4.78 is 0. The van der Waals surface area contributed by atoms with Crippen LogP contribution < -0.4 is 0 Å². The van der Waals surface area contributed by atoms with Crippen molar-refractivity contribution in [1.82, 2.24) is 0 Å². The van der Waals surface area contributed by atoms with E-state index in [1.54, 1.807) is 5.57 Å². The molecule has 0 aromatic carbocycles. The first-order valence-electron chi connectivity index (χ1n) is 12.6. The summed E-state index contributed by atoms with van der Waals surface area (Å²) in [6.45, 7) is 9.62. The van der Waals surface area contributed by atoms with Gasteiger partial charge in [-0.1, -0.05) is 69.8 Å². The molecule has 4 rings (SSSR count). The first-order chi connectivity index (χ1) is 13.8. The van der Waals surface area contributed by atoms with E-state index in [4.69, 9.17) is 0 Å².